The molecule has 6 nitrogen and oxygen atoms in total. The summed E-state index contributed by atoms with van der Waals surface area (Å²) in [5.41, 5.74) is 1.97. The Labute approximate surface area is 161 Å². The molecule has 3 rings (SSSR count). The SMILES string of the molecule is N#CCCCOc1cccc(NC(=O)/C=C/c2c(Cl)nc3ccccn23)c1. The van der Waals surface area contributed by atoms with Gasteiger partial charge in [0.2, 0.25) is 5.91 Å². The molecule has 0 spiro atoms. The molecule has 1 amide bonds. The summed E-state index contributed by atoms with van der Waals surface area (Å²) < 4.78 is 7.37. The number of ether oxygens (including phenoxy) is 1. The molecular formula is C20H17ClN4O2. The van der Waals surface area contributed by atoms with Crippen molar-refractivity contribution in [3.05, 3.63) is 65.6 Å². The zero-order valence-corrected chi connectivity index (χ0v) is 15.2. The maximum atomic E-state index is 12.2. The van der Waals surface area contributed by atoms with Crippen LogP contribution in [0.3, 0.4) is 0 Å². The van der Waals surface area contributed by atoms with E-state index in [1.807, 2.05) is 28.8 Å². The number of fused-ring (bicyclic) bond motifs is 1. The monoisotopic (exact) mass is 380 g/mol. The predicted octanol–water partition coefficient (Wildman–Crippen LogP) is 4.32. The summed E-state index contributed by atoms with van der Waals surface area (Å²) in [5, 5.41) is 11.6. The van der Waals surface area contributed by atoms with Crippen LogP contribution < -0.4 is 10.1 Å². The van der Waals surface area contributed by atoms with Gasteiger partial charge in [-0.1, -0.05) is 23.7 Å². The Morgan fingerprint density at radius 2 is 2.22 bits per heavy atom. The summed E-state index contributed by atoms with van der Waals surface area (Å²) in [6, 6.07) is 14.7. The molecule has 1 N–H and O–H groups in total. The molecule has 0 radical (unpaired) electrons. The molecule has 7 heteroatoms. The number of hydrogen-bond acceptors (Lipinski definition) is 4. The van der Waals surface area contributed by atoms with E-state index in [1.165, 1.54) is 6.08 Å². The van der Waals surface area contributed by atoms with E-state index in [1.54, 1.807) is 30.3 Å². The number of anilines is 1. The van der Waals surface area contributed by atoms with E-state index in [9.17, 15) is 4.79 Å². The first-order valence-electron chi connectivity index (χ1n) is 8.39. The minimum absolute atomic E-state index is 0.293. The number of benzene rings is 1. The van der Waals surface area contributed by atoms with Crippen molar-refractivity contribution in [2.24, 2.45) is 0 Å². The lowest BCUT2D eigenvalue weighted by molar-refractivity contribution is -0.111. The van der Waals surface area contributed by atoms with Crippen LogP contribution in [0.1, 0.15) is 18.5 Å². The van der Waals surface area contributed by atoms with Crippen LogP contribution in [0.5, 0.6) is 5.75 Å². The van der Waals surface area contributed by atoms with E-state index >= 15 is 0 Å². The quantitative estimate of drug-likeness (QED) is 0.489. The Morgan fingerprint density at radius 1 is 1.33 bits per heavy atom. The van der Waals surface area contributed by atoms with Crippen molar-refractivity contribution in [3.8, 4) is 11.8 Å². The van der Waals surface area contributed by atoms with Crippen LogP contribution in [0.4, 0.5) is 5.69 Å². The lowest BCUT2D eigenvalue weighted by atomic mass is 10.3. The number of pyridine rings is 1. The fourth-order valence-electron chi connectivity index (χ4n) is 2.48. The number of aromatic nitrogens is 2. The smallest absolute Gasteiger partial charge is 0.248 e. The topological polar surface area (TPSA) is 79.4 Å². The highest BCUT2D eigenvalue weighted by molar-refractivity contribution is 6.31. The molecule has 136 valence electrons. The van der Waals surface area contributed by atoms with Gasteiger partial charge in [-0.3, -0.25) is 9.20 Å². The number of hydrogen-bond donors (Lipinski definition) is 1. The summed E-state index contributed by atoms with van der Waals surface area (Å²) >= 11 is 6.15. The van der Waals surface area contributed by atoms with E-state index in [4.69, 9.17) is 21.6 Å². The molecule has 0 fully saturated rings. The van der Waals surface area contributed by atoms with Crippen molar-refractivity contribution >= 4 is 34.9 Å². The first-order chi connectivity index (χ1) is 13.2. The second kappa shape index (κ2) is 8.88. The van der Waals surface area contributed by atoms with Crippen LogP contribution in [0.15, 0.2) is 54.7 Å². The number of rotatable bonds is 7. The van der Waals surface area contributed by atoms with Gasteiger partial charge >= 0.3 is 0 Å². The Morgan fingerprint density at radius 3 is 3.07 bits per heavy atom. The van der Waals surface area contributed by atoms with Crippen LogP contribution in [0, 0.1) is 11.3 Å². The molecule has 0 atom stereocenters. The van der Waals surface area contributed by atoms with Crippen LogP contribution in [0.2, 0.25) is 5.15 Å². The zero-order valence-electron chi connectivity index (χ0n) is 14.4. The van der Waals surface area contributed by atoms with Gasteiger partial charge in [0.15, 0.2) is 5.15 Å². The Kier molecular flexibility index (Phi) is 6.08. The van der Waals surface area contributed by atoms with Crippen molar-refractivity contribution in [1.29, 1.82) is 5.26 Å². The van der Waals surface area contributed by atoms with Gasteiger partial charge in [0.05, 0.1) is 18.4 Å². The lowest BCUT2D eigenvalue weighted by Crippen LogP contribution is -2.08. The third kappa shape index (κ3) is 4.87. The number of amides is 1. The highest BCUT2D eigenvalue weighted by Gasteiger charge is 2.07. The van der Waals surface area contributed by atoms with Crippen LogP contribution in [-0.2, 0) is 4.79 Å². The zero-order chi connectivity index (χ0) is 19.1. The molecule has 1 aromatic carbocycles. The summed E-state index contributed by atoms with van der Waals surface area (Å²) in [4.78, 5) is 16.5. The molecule has 0 saturated heterocycles. The van der Waals surface area contributed by atoms with Crippen LogP contribution in [-0.4, -0.2) is 21.9 Å². The minimum Gasteiger partial charge on any atom is -0.493 e. The Hall–Kier alpha value is -3.30. The Balaban J connectivity index is 1.64. The predicted molar refractivity (Wildman–Crippen MR) is 105 cm³/mol. The van der Waals surface area contributed by atoms with Crippen molar-refractivity contribution in [1.82, 2.24) is 9.38 Å². The van der Waals surface area contributed by atoms with Gasteiger partial charge in [-0.25, -0.2) is 4.98 Å². The highest BCUT2D eigenvalue weighted by Crippen LogP contribution is 2.20. The van der Waals surface area contributed by atoms with E-state index in [2.05, 4.69) is 16.4 Å². The maximum absolute atomic E-state index is 12.2. The van der Waals surface area contributed by atoms with Crippen molar-refractivity contribution in [2.75, 3.05) is 11.9 Å². The van der Waals surface area contributed by atoms with Crippen molar-refractivity contribution < 1.29 is 9.53 Å². The first-order valence-corrected chi connectivity index (χ1v) is 8.76. The van der Waals surface area contributed by atoms with Gasteiger partial charge in [-0.05, 0) is 36.8 Å². The number of nitriles is 1. The lowest BCUT2D eigenvalue weighted by Gasteiger charge is -2.07. The van der Waals surface area contributed by atoms with Gasteiger partial charge in [0, 0.05) is 30.4 Å². The van der Waals surface area contributed by atoms with E-state index in [0.29, 0.717) is 47.4 Å². The summed E-state index contributed by atoms with van der Waals surface area (Å²) in [7, 11) is 0. The van der Waals surface area contributed by atoms with Crippen LogP contribution >= 0.6 is 11.6 Å². The maximum Gasteiger partial charge on any atom is 0.248 e. The molecule has 0 bridgehead atoms. The molecule has 0 aliphatic rings. The molecule has 2 aromatic heterocycles. The minimum atomic E-state index is -0.293. The summed E-state index contributed by atoms with van der Waals surface area (Å²) in [5.74, 6) is 0.345. The number of imidazole rings is 1. The second-order valence-electron chi connectivity index (χ2n) is 5.68. The van der Waals surface area contributed by atoms with Gasteiger partial charge in [-0.2, -0.15) is 5.26 Å². The summed E-state index contributed by atoms with van der Waals surface area (Å²) in [6.45, 7) is 0.456. The van der Waals surface area contributed by atoms with E-state index < -0.39 is 0 Å². The molecule has 0 saturated carbocycles. The molecule has 2 heterocycles. The average molecular weight is 381 g/mol. The third-order valence-electron chi connectivity index (χ3n) is 3.72. The molecule has 0 aliphatic heterocycles. The van der Waals surface area contributed by atoms with E-state index in [0.717, 1.165) is 0 Å². The number of halogens is 1. The fraction of sp³-hybridized carbons (Fsp3) is 0.150. The number of carbonyl (C=O) groups is 1. The Bertz CT molecular complexity index is 1020. The number of unbranched alkanes of at least 4 members (excludes halogenated alkanes) is 1. The number of carbonyl (C=O) groups excluding carboxylic acids is 1. The first kappa shape index (κ1) is 18.5. The van der Waals surface area contributed by atoms with Gasteiger partial charge in [0.1, 0.15) is 11.4 Å². The third-order valence-corrected chi connectivity index (χ3v) is 4.00. The summed E-state index contributed by atoms with van der Waals surface area (Å²) in [6.07, 6.45) is 5.98. The molecule has 3 aromatic rings. The normalized spacial score (nSPS) is 10.8. The average Bonchev–Trinajstić information content (AvgIpc) is 2.99. The fourth-order valence-corrected chi connectivity index (χ4v) is 2.72. The molecule has 0 unspecified atom stereocenters. The standard InChI is InChI=1S/C20H17ClN4O2/c21-20-17(25-12-3-1-8-18(25)24-20)9-10-19(26)23-15-6-5-7-16(14-15)27-13-4-2-11-22/h1,3,5-10,12,14H,2,4,13H2,(H,23,26)/b10-9+. The van der Waals surface area contributed by atoms with Gasteiger partial charge < -0.3 is 10.1 Å². The largest absolute Gasteiger partial charge is 0.493 e. The highest BCUT2D eigenvalue weighted by atomic mass is 35.5. The number of nitrogens with one attached hydrogen (secondary N) is 1. The second-order valence-corrected chi connectivity index (χ2v) is 6.04. The number of nitrogens with zero attached hydrogens (tertiary/aromatic N) is 3. The van der Waals surface area contributed by atoms with Gasteiger partial charge in [0.25, 0.3) is 0 Å². The van der Waals surface area contributed by atoms with Crippen LogP contribution in [0.25, 0.3) is 11.7 Å². The van der Waals surface area contributed by atoms with Crippen molar-refractivity contribution in [2.45, 2.75) is 12.8 Å². The van der Waals surface area contributed by atoms with Crippen molar-refractivity contribution in [3.63, 3.8) is 0 Å². The molecule has 0 aliphatic carbocycles. The van der Waals surface area contributed by atoms with E-state index in [-0.39, 0.29) is 5.91 Å². The van der Waals surface area contributed by atoms with Gasteiger partial charge in [-0.15, -0.1) is 0 Å². The molecule has 27 heavy (non-hydrogen) atoms. The molecular weight excluding hydrogens is 364 g/mol.